The number of ether oxygens (including phenoxy) is 2. The Kier molecular flexibility index (Phi) is 7.00. The van der Waals surface area contributed by atoms with Crippen molar-refractivity contribution in [2.24, 2.45) is 0 Å². The monoisotopic (exact) mass is 541 g/mol. The fourth-order valence-corrected chi connectivity index (χ4v) is 5.51. The van der Waals surface area contributed by atoms with Crippen molar-refractivity contribution in [1.29, 1.82) is 0 Å². The van der Waals surface area contributed by atoms with Gasteiger partial charge in [0.15, 0.2) is 11.5 Å². The molecule has 6 rings (SSSR count). The van der Waals surface area contributed by atoms with Crippen LogP contribution >= 0.6 is 0 Å². The lowest BCUT2D eigenvalue weighted by Crippen LogP contribution is -2.62. The van der Waals surface area contributed by atoms with Crippen molar-refractivity contribution < 1.29 is 23.9 Å². The van der Waals surface area contributed by atoms with Crippen LogP contribution in [-0.4, -0.2) is 77.2 Å². The summed E-state index contributed by atoms with van der Waals surface area (Å²) in [6.07, 6.45) is -0.514. The standard InChI is InChI=1S/C30H31N5O5/c1-32(30(38)31-17-21-8-4-2-5-9-21)34-20-27(36)35-26(34)19-33(29(37)28(35)23-10-6-3-7-11-23)18-22-12-13-24-25(16-22)40-15-14-39-24/h2-13,16,26,28H,14-15,17-20H2,1H3,(H,31,38)/t26-,28+/m1/s1. The first-order chi connectivity index (χ1) is 19.5. The number of nitrogens with zero attached hydrogens (tertiary/aromatic N) is 4. The number of hydrogen-bond acceptors (Lipinski definition) is 6. The lowest BCUT2D eigenvalue weighted by atomic mass is 10.00. The quantitative estimate of drug-likeness (QED) is 0.516. The third-order valence-electron chi connectivity index (χ3n) is 7.52. The molecule has 0 saturated carbocycles. The Morgan fingerprint density at radius 3 is 2.38 bits per heavy atom. The summed E-state index contributed by atoms with van der Waals surface area (Å²) < 4.78 is 11.4. The minimum atomic E-state index is -0.796. The average molecular weight is 542 g/mol. The number of hydrazine groups is 1. The number of nitrogens with one attached hydrogen (secondary N) is 1. The molecule has 3 heterocycles. The summed E-state index contributed by atoms with van der Waals surface area (Å²) in [5.74, 6) is 0.976. The van der Waals surface area contributed by atoms with Crippen LogP contribution < -0.4 is 14.8 Å². The van der Waals surface area contributed by atoms with Crippen LogP contribution in [0, 0.1) is 0 Å². The van der Waals surface area contributed by atoms with Gasteiger partial charge in [-0.25, -0.2) is 4.79 Å². The molecule has 0 aliphatic carbocycles. The molecule has 4 amide bonds. The maximum atomic E-state index is 13.9. The van der Waals surface area contributed by atoms with E-state index in [1.165, 1.54) is 5.01 Å². The lowest BCUT2D eigenvalue weighted by Gasteiger charge is -2.45. The molecule has 0 radical (unpaired) electrons. The number of urea groups is 1. The zero-order valence-electron chi connectivity index (χ0n) is 22.2. The van der Waals surface area contributed by atoms with Gasteiger partial charge in [-0.1, -0.05) is 66.7 Å². The third kappa shape index (κ3) is 4.93. The maximum Gasteiger partial charge on any atom is 0.332 e. The molecule has 1 N–H and O–H groups in total. The van der Waals surface area contributed by atoms with Crippen LogP contribution in [0.4, 0.5) is 4.79 Å². The van der Waals surface area contributed by atoms with E-state index < -0.39 is 12.2 Å². The highest BCUT2D eigenvalue weighted by molar-refractivity contribution is 5.92. The first-order valence-corrected chi connectivity index (χ1v) is 13.3. The van der Waals surface area contributed by atoms with Crippen LogP contribution in [0.2, 0.25) is 0 Å². The number of benzene rings is 3. The van der Waals surface area contributed by atoms with Gasteiger partial charge in [-0.2, -0.15) is 5.01 Å². The molecule has 0 unspecified atom stereocenters. The van der Waals surface area contributed by atoms with Gasteiger partial charge in [0.25, 0.3) is 5.91 Å². The summed E-state index contributed by atoms with van der Waals surface area (Å²) >= 11 is 0. The van der Waals surface area contributed by atoms with Gasteiger partial charge in [-0.05, 0) is 28.8 Å². The molecule has 2 atom stereocenters. The Morgan fingerprint density at radius 2 is 1.62 bits per heavy atom. The number of carbonyl (C=O) groups is 3. The van der Waals surface area contributed by atoms with Gasteiger partial charge in [0, 0.05) is 20.1 Å². The summed E-state index contributed by atoms with van der Waals surface area (Å²) in [4.78, 5) is 43.9. The number of amides is 4. The van der Waals surface area contributed by atoms with Gasteiger partial charge < -0.3 is 24.6 Å². The molecule has 0 spiro atoms. The first kappa shape index (κ1) is 25.7. The summed E-state index contributed by atoms with van der Waals surface area (Å²) in [7, 11) is 1.65. The number of rotatable bonds is 6. The molecule has 3 aromatic carbocycles. The van der Waals surface area contributed by atoms with Gasteiger partial charge in [-0.15, -0.1) is 0 Å². The van der Waals surface area contributed by atoms with E-state index in [1.54, 1.807) is 21.9 Å². The Labute approximate surface area is 232 Å². The topological polar surface area (TPSA) is 94.7 Å². The number of fused-ring (bicyclic) bond motifs is 2. The van der Waals surface area contributed by atoms with Crippen molar-refractivity contribution in [2.75, 3.05) is 33.4 Å². The van der Waals surface area contributed by atoms with Crippen molar-refractivity contribution in [2.45, 2.75) is 25.3 Å². The average Bonchev–Trinajstić information content (AvgIpc) is 3.32. The fraction of sp³-hybridized carbons (Fsp3) is 0.300. The maximum absolute atomic E-state index is 13.9. The Hall–Kier alpha value is -4.57. The summed E-state index contributed by atoms with van der Waals surface area (Å²) in [5.41, 5.74) is 2.60. The van der Waals surface area contributed by atoms with E-state index >= 15 is 0 Å². The fourth-order valence-electron chi connectivity index (χ4n) is 5.51. The molecule has 2 saturated heterocycles. The van der Waals surface area contributed by atoms with E-state index in [0.717, 1.165) is 16.7 Å². The number of piperazine rings is 1. The van der Waals surface area contributed by atoms with Crippen LogP contribution in [-0.2, 0) is 22.7 Å². The normalized spacial score (nSPS) is 20.3. The van der Waals surface area contributed by atoms with Crippen molar-refractivity contribution in [3.05, 3.63) is 95.6 Å². The van der Waals surface area contributed by atoms with Crippen LogP contribution in [0.5, 0.6) is 11.5 Å². The molecule has 3 aliphatic heterocycles. The minimum Gasteiger partial charge on any atom is -0.486 e. The molecule has 2 fully saturated rings. The third-order valence-corrected chi connectivity index (χ3v) is 7.52. The van der Waals surface area contributed by atoms with Crippen LogP contribution in [0.3, 0.4) is 0 Å². The molecular weight excluding hydrogens is 510 g/mol. The Balaban J connectivity index is 1.26. The van der Waals surface area contributed by atoms with Gasteiger partial charge in [0.1, 0.15) is 25.4 Å². The molecule has 0 aromatic heterocycles. The molecule has 3 aliphatic rings. The second kappa shape index (κ2) is 10.9. The molecule has 10 nitrogen and oxygen atoms in total. The Bertz CT molecular complexity index is 1400. The molecular formula is C30H31N5O5. The van der Waals surface area contributed by atoms with E-state index in [9.17, 15) is 14.4 Å². The second-order valence-corrected chi connectivity index (χ2v) is 10.1. The van der Waals surface area contributed by atoms with E-state index in [2.05, 4.69) is 5.32 Å². The summed E-state index contributed by atoms with van der Waals surface area (Å²) in [6.45, 7) is 1.91. The van der Waals surface area contributed by atoms with Crippen LogP contribution in [0.1, 0.15) is 22.7 Å². The largest absolute Gasteiger partial charge is 0.486 e. The van der Waals surface area contributed by atoms with Crippen LogP contribution in [0.25, 0.3) is 0 Å². The van der Waals surface area contributed by atoms with Crippen molar-refractivity contribution in [1.82, 2.24) is 25.1 Å². The second-order valence-electron chi connectivity index (χ2n) is 10.1. The van der Waals surface area contributed by atoms with Gasteiger partial charge in [0.2, 0.25) is 5.91 Å². The van der Waals surface area contributed by atoms with Crippen molar-refractivity contribution >= 4 is 17.8 Å². The molecule has 0 bridgehead atoms. The number of carbonyl (C=O) groups excluding carboxylic acids is 3. The van der Waals surface area contributed by atoms with Crippen molar-refractivity contribution in [3.63, 3.8) is 0 Å². The highest BCUT2D eigenvalue weighted by atomic mass is 16.6. The van der Waals surface area contributed by atoms with E-state index in [1.807, 2.05) is 78.9 Å². The van der Waals surface area contributed by atoms with Gasteiger partial charge in [-0.3, -0.25) is 14.6 Å². The van der Waals surface area contributed by atoms with E-state index in [4.69, 9.17) is 9.47 Å². The summed E-state index contributed by atoms with van der Waals surface area (Å²) in [6, 6.07) is 23.5. The molecule has 3 aromatic rings. The SMILES string of the molecule is CN(C(=O)NCc1ccccc1)N1CC(=O)N2[C@@H](c3ccccc3)C(=O)N(Cc3ccc4c(c3)OCCO4)C[C@@H]21. The van der Waals surface area contributed by atoms with E-state index in [0.29, 0.717) is 37.8 Å². The molecule has 40 heavy (non-hydrogen) atoms. The first-order valence-electron chi connectivity index (χ1n) is 13.3. The zero-order chi connectivity index (χ0) is 27.6. The Morgan fingerprint density at radius 1 is 0.925 bits per heavy atom. The number of hydrogen-bond donors (Lipinski definition) is 1. The van der Waals surface area contributed by atoms with Crippen molar-refractivity contribution in [3.8, 4) is 11.5 Å². The molecule has 206 valence electrons. The predicted octanol–water partition coefficient (Wildman–Crippen LogP) is 2.77. The summed E-state index contributed by atoms with van der Waals surface area (Å²) in [5, 5.41) is 6.11. The lowest BCUT2D eigenvalue weighted by molar-refractivity contribution is -0.157. The molecule has 10 heteroatoms. The van der Waals surface area contributed by atoms with Gasteiger partial charge in [0.05, 0.1) is 13.1 Å². The van der Waals surface area contributed by atoms with Crippen LogP contribution in [0.15, 0.2) is 78.9 Å². The minimum absolute atomic E-state index is 0.00555. The smallest absolute Gasteiger partial charge is 0.332 e. The highest BCUT2D eigenvalue weighted by Crippen LogP contribution is 2.37. The predicted molar refractivity (Wildman–Crippen MR) is 146 cm³/mol. The van der Waals surface area contributed by atoms with Gasteiger partial charge >= 0.3 is 6.03 Å². The highest BCUT2D eigenvalue weighted by Gasteiger charge is 2.52. The zero-order valence-corrected chi connectivity index (χ0v) is 22.2. The van der Waals surface area contributed by atoms with E-state index in [-0.39, 0.29) is 30.9 Å².